The highest BCUT2D eigenvalue weighted by molar-refractivity contribution is 5.78. The molecule has 0 aliphatic rings. The van der Waals surface area contributed by atoms with Crippen LogP contribution in [-0.4, -0.2) is 38.0 Å². The lowest BCUT2D eigenvalue weighted by atomic mass is 10.4. The molecule has 0 rings (SSSR count). The third-order valence-corrected chi connectivity index (χ3v) is 1.38. The van der Waals surface area contributed by atoms with Gasteiger partial charge in [-0.2, -0.15) is 0 Å². The first-order valence-electron chi connectivity index (χ1n) is 3.54. The predicted molar refractivity (Wildman–Crippen MR) is 45.0 cm³/mol. The van der Waals surface area contributed by atoms with E-state index in [0.717, 1.165) is 6.54 Å². The first-order chi connectivity index (χ1) is 5.22. The molecule has 0 radical (unpaired) electrons. The van der Waals surface area contributed by atoms with E-state index in [4.69, 9.17) is 6.42 Å². The van der Waals surface area contributed by atoms with Crippen LogP contribution in [0.1, 0.15) is 6.42 Å². The number of hydrogen-bond donors (Lipinski definition) is 1. The molecule has 0 aromatic rings. The highest BCUT2D eigenvalue weighted by Crippen LogP contribution is 1.87. The lowest BCUT2D eigenvalue weighted by Crippen LogP contribution is -2.32. The lowest BCUT2D eigenvalue weighted by molar-refractivity contribution is -0.128. The quantitative estimate of drug-likeness (QED) is 0.563. The normalized spacial score (nSPS) is 8.82. The average molecular weight is 154 g/mol. The molecule has 62 valence electrons. The monoisotopic (exact) mass is 154 g/mol. The van der Waals surface area contributed by atoms with Gasteiger partial charge >= 0.3 is 0 Å². The number of hydrogen-bond acceptors (Lipinski definition) is 2. The van der Waals surface area contributed by atoms with Crippen LogP contribution in [0.2, 0.25) is 0 Å². The highest BCUT2D eigenvalue weighted by Gasteiger charge is 2.04. The molecular formula is C8H14N2O. The van der Waals surface area contributed by atoms with E-state index in [-0.39, 0.29) is 12.3 Å². The van der Waals surface area contributed by atoms with E-state index < -0.39 is 0 Å². The number of nitrogens with one attached hydrogen (secondary N) is 1. The van der Waals surface area contributed by atoms with Gasteiger partial charge < -0.3 is 10.2 Å². The molecule has 0 fully saturated rings. The average Bonchev–Trinajstić information content (AvgIpc) is 2.00. The summed E-state index contributed by atoms with van der Waals surface area (Å²) in [6, 6.07) is 0. The first-order valence-corrected chi connectivity index (χ1v) is 3.54. The van der Waals surface area contributed by atoms with Crippen LogP contribution in [0.4, 0.5) is 0 Å². The molecule has 0 bridgehead atoms. The number of carbonyl (C=O) groups is 1. The maximum atomic E-state index is 11.0. The van der Waals surface area contributed by atoms with Gasteiger partial charge in [0, 0.05) is 20.1 Å². The van der Waals surface area contributed by atoms with Gasteiger partial charge in [0.1, 0.15) is 0 Å². The SMILES string of the molecule is C#CCC(=O)N(C)CCNC. The molecule has 0 spiro atoms. The van der Waals surface area contributed by atoms with Crippen molar-refractivity contribution in [3.63, 3.8) is 0 Å². The van der Waals surface area contributed by atoms with E-state index in [0.29, 0.717) is 6.54 Å². The minimum Gasteiger partial charge on any atom is -0.344 e. The van der Waals surface area contributed by atoms with Crippen molar-refractivity contribution in [3.8, 4) is 12.3 Å². The van der Waals surface area contributed by atoms with Gasteiger partial charge in [0.2, 0.25) is 5.91 Å². The Morgan fingerprint density at radius 1 is 1.73 bits per heavy atom. The van der Waals surface area contributed by atoms with E-state index in [9.17, 15) is 4.79 Å². The summed E-state index contributed by atoms with van der Waals surface area (Å²) in [4.78, 5) is 12.6. The number of carbonyl (C=O) groups excluding carboxylic acids is 1. The minimum atomic E-state index is 0.00255. The highest BCUT2D eigenvalue weighted by atomic mass is 16.2. The molecule has 0 aromatic heterocycles. The van der Waals surface area contributed by atoms with Crippen LogP contribution in [0.5, 0.6) is 0 Å². The van der Waals surface area contributed by atoms with Crippen LogP contribution in [0.3, 0.4) is 0 Å². The Morgan fingerprint density at radius 2 is 2.36 bits per heavy atom. The Hall–Kier alpha value is -1.01. The molecule has 1 amide bonds. The molecule has 0 saturated heterocycles. The van der Waals surface area contributed by atoms with Gasteiger partial charge in [0.15, 0.2) is 0 Å². The summed E-state index contributed by atoms with van der Waals surface area (Å²) in [5.41, 5.74) is 0. The maximum Gasteiger partial charge on any atom is 0.234 e. The third-order valence-electron chi connectivity index (χ3n) is 1.38. The van der Waals surface area contributed by atoms with Gasteiger partial charge in [-0.25, -0.2) is 0 Å². The molecular weight excluding hydrogens is 140 g/mol. The van der Waals surface area contributed by atoms with E-state index in [1.165, 1.54) is 0 Å². The molecule has 1 N–H and O–H groups in total. The van der Waals surface area contributed by atoms with Crippen molar-refractivity contribution in [3.05, 3.63) is 0 Å². The molecule has 0 heterocycles. The van der Waals surface area contributed by atoms with Crippen LogP contribution in [0.15, 0.2) is 0 Å². The van der Waals surface area contributed by atoms with Crippen LogP contribution < -0.4 is 5.32 Å². The molecule has 0 atom stereocenters. The summed E-state index contributed by atoms with van der Waals surface area (Å²) in [6.07, 6.45) is 5.18. The standard InChI is InChI=1S/C8H14N2O/c1-4-5-8(11)10(3)7-6-9-2/h1,9H,5-7H2,2-3H3. The van der Waals surface area contributed by atoms with Crippen molar-refractivity contribution < 1.29 is 4.79 Å². The second-order valence-corrected chi connectivity index (χ2v) is 2.30. The third kappa shape index (κ3) is 4.40. The van der Waals surface area contributed by atoms with Crippen molar-refractivity contribution in [2.75, 3.05) is 27.2 Å². The summed E-state index contributed by atoms with van der Waals surface area (Å²) in [5, 5.41) is 2.95. The fourth-order valence-electron chi connectivity index (χ4n) is 0.626. The van der Waals surface area contributed by atoms with Crippen LogP contribution in [0, 0.1) is 12.3 Å². The van der Waals surface area contributed by atoms with Crippen molar-refractivity contribution in [2.45, 2.75) is 6.42 Å². The molecule has 0 aliphatic heterocycles. The van der Waals surface area contributed by atoms with Crippen LogP contribution in [-0.2, 0) is 4.79 Å². The topological polar surface area (TPSA) is 32.3 Å². The van der Waals surface area contributed by atoms with Gasteiger partial charge in [-0.15, -0.1) is 6.42 Å². The molecule has 0 aromatic carbocycles. The second kappa shape index (κ2) is 5.75. The Morgan fingerprint density at radius 3 is 2.82 bits per heavy atom. The van der Waals surface area contributed by atoms with Crippen molar-refractivity contribution in [1.82, 2.24) is 10.2 Å². The Labute approximate surface area is 67.8 Å². The molecule has 0 saturated carbocycles. The summed E-state index contributed by atoms with van der Waals surface area (Å²) < 4.78 is 0. The number of amides is 1. The summed E-state index contributed by atoms with van der Waals surface area (Å²) in [7, 11) is 3.59. The number of likely N-dealkylation sites (N-methyl/N-ethyl adjacent to an activating group) is 2. The van der Waals surface area contributed by atoms with Crippen LogP contribution >= 0.6 is 0 Å². The van der Waals surface area contributed by atoms with Crippen molar-refractivity contribution in [2.24, 2.45) is 0 Å². The van der Waals surface area contributed by atoms with Gasteiger partial charge in [0.05, 0.1) is 6.42 Å². The second-order valence-electron chi connectivity index (χ2n) is 2.30. The van der Waals surface area contributed by atoms with Gasteiger partial charge in [-0.05, 0) is 7.05 Å². The Kier molecular flexibility index (Phi) is 5.22. The molecule has 3 nitrogen and oxygen atoms in total. The Bertz CT molecular complexity index is 160. The number of rotatable bonds is 4. The molecule has 0 aliphatic carbocycles. The largest absolute Gasteiger partial charge is 0.344 e. The van der Waals surface area contributed by atoms with Crippen molar-refractivity contribution >= 4 is 5.91 Å². The predicted octanol–water partition coefficient (Wildman–Crippen LogP) is -0.312. The summed E-state index contributed by atoms with van der Waals surface area (Å²) in [5.74, 6) is 2.32. The van der Waals surface area contributed by atoms with Gasteiger partial charge in [0.25, 0.3) is 0 Å². The number of nitrogens with zero attached hydrogens (tertiary/aromatic N) is 1. The Balaban J connectivity index is 3.57. The summed E-state index contributed by atoms with van der Waals surface area (Å²) >= 11 is 0. The fourth-order valence-corrected chi connectivity index (χ4v) is 0.626. The van der Waals surface area contributed by atoms with E-state index in [2.05, 4.69) is 11.2 Å². The zero-order valence-electron chi connectivity index (χ0n) is 7.05. The maximum absolute atomic E-state index is 11.0. The molecule has 0 unspecified atom stereocenters. The first kappa shape index (κ1) is 9.99. The van der Waals surface area contributed by atoms with E-state index in [1.807, 2.05) is 7.05 Å². The summed E-state index contributed by atoms with van der Waals surface area (Å²) in [6.45, 7) is 1.50. The van der Waals surface area contributed by atoms with E-state index in [1.54, 1.807) is 11.9 Å². The van der Waals surface area contributed by atoms with Gasteiger partial charge in [-0.1, -0.05) is 5.92 Å². The zero-order chi connectivity index (χ0) is 8.69. The fraction of sp³-hybridized carbons (Fsp3) is 0.625. The number of terminal acetylenes is 1. The molecule has 3 heteroatoms. The smallest absolute Gasteiger partial charge is 0.234 e. The zero-order valence-corrected chi connectivity index (χ0v) is 7.05. The van der Waals surface area contributed by atoms with Crippen molar-refractivity contribution in [1.29, 1.82) is 0 Å². The van der Waals surface area contributed by atoms with Crippen LogP contribution in [0.25, 0.3) is 0 Å². The minimum absolute atomic E-state index is 0.00255. The van der Waals surface area contributed by atoms with E-state index >= 15 is 0 Å². The molecule has 11 heavy (non-hydrogen) atoms. The van der Waals surface area contributed by atoms with Gasteiger partial charge in [-0.3, -0.25) is 4.79 Å². The lowest BCUT2D eigenvalue weighted by Gasteiger charge is -2.14.